The van der Waals surface area contributed by atoms with Crippen molar-refractivity contribution < 1.29 is 0 Å². The summed E-state index contributed by atoms with van der Waals surface area (Å²) in [6.45, 7) is 3.81. The van der Waals surface area contributed by atoms with Gasteiger partial charge in [-0.05, 0) is 63.1 Å². The number of hydrogen-bond donors (Lipinski definition) is 3. The minimum Gasteiger partial charge on any atom is -0.368 e. The van der Waals surface area contributed by atoms with Gasteiger partial charge in [0.1, 0.15) is 17.5 Å². The van der Waals surface area contributed by atoms with E-state index in [-0.39, 0.29) is 18.0 Å². The number of aromatic nitrogens is 4. The largest absolute Gasteiger partial charge is 0.368 e. The number of nitrogens with two attached hydrogens (primary N) is 2. The molecule has 8 heteroatoms. The number of rotatable bonds is 4. The smallest absolute Gasteiger partial charge is 0.222 e. The summed E-state index contributed by atoms with van der Waals surface area (Å²) in [6, 6.07) is 6.61. The molecule has 3 aromatic heterocycles. The molecule has 1 aliphatic rings. The Morgan fingerprint density at radius 2 is 1.97 bits per heavy atom. The van der Waals surface area contributed by atoms with Crippen molar-refractivity contribution in [1.82, 2.24) is 19.5 Å². The lowest BCUT2D eigenvalue weighted by molar-refractivity contribution is 0.393. The SMILES string of the molecule is Cc1nc(N)nc(N[C@@H](C)c2nc3ccn(C)c3cc2C2CCC(N)CC2)c1C#N. The molecular weight excluding hydrogens is 376 g/mol. The van der Waals surface area contributed by atoms with Gasteiger partial charge < -0.3 is 21.4 Å². The van der Waals surface area contributed by atoms with Gasteiger partial charge in [0.15, 0.2) is 0 Å². The number of hydrogen-bond acceptors (Lipinski definition) is 7. The van der Waals surface area contributed by atoms with Crippen molar-refractivity contribution in [2.24, 2.45) is 12.8 Å². The fourth-order valence-electron chi connectivity index (χ4n) is 4.42. The molecule has 3 aromatic rings. The van der Waals surface area contributed by atoms with Gasteiger partial charge in [-0.2, -0.15) is 10.2 Å². The maximum absolute atomic E-state index is 9.56. The highest BCUT2D eigenvalue weighted by Crippen LogP contribution is 2.37. The highest BCUT2D eigenvalue weighted by Gasteiger charge is 2.26. The van der Waals surface area contributed by atoms with Crippen LogP contribution in [0.15, 0.2) is 18.3 Å². The van der Waals surface area contributed by atoms with Crippen LogP contribution in [-0.4, -0.2) is 25.6 Å². The van der Waals surface area contributed by atoms with Crippen molar-refractivity contribution in [3.8, 4) is 6.07 Å². The standard InChI is InChI=1S/C22H28N8/c1-12-17(11-23)21(29-22(25)27-12)26-13(2)20-16(14-4-6-15(24)7-5-14)10-19-18(28-20)8-9-30(19)3/h8-10,13-15H,4-7,24H2,1-3H3,(H3,25,26,27,29)/t13-,14?,15?/m0/s1. The fourth-order valence-corrected chi connectivity index (χ4v) is 4.42. The molecule has 1 atom stereocenters. The molecule has 0 unspecified atom stereocenters. The van der Waals surface area contributed by atoms with Crippen LogP contribution in [0.4, 0.5) is 11.8 Å². The van der Waals surface area contributed by atoms with E-state index in [0.29, 0.717) is 23.0 Å². The van der Waals surface area contributed by atoms with Crippen LogP contribution in [-0.2, 0) is 7.05 Å². The number of nitriles is 1. The number of fused-ring (bicyclic) bond motifs is 1. The molecule has 0 aromatic carbocycles. The second-order valence-corrected chi connectivity index (χ2v) is 8.27. The molecule has 1 fully saturated rings. The van der Waals surface area contributed by atoms with E-state index in [1.807, 2.05) is 26.2 Å². The van der Waals surface area contributed by atoms with Crippen LogP contribution in [0, 0.1) is 18.3 Å². The minimum absolute atomic E-state index is 0.147. The van der Waals surface area contributed by atoms with Gasteiger partial charge in [0.2, 0.25) is 5.95 Å². The first-order chi connectivity index (χ1) is 14.4. The van der Waals surface area contributed by atoms with Gasteiger partial charge in [0, 0.05) is 19.3 Å². The van der Waals surface area contributed by atoms with E-state index in [4.69, 9.17) is 16.5 Å². The molecular formula is C22H28N8. The number of nitrogens with one attached hydrogen (secondary N) is 1. The summed E-state index contributed by atoms with van der Waals surface area (Å²) >= 11 is 0. The number of aryl methyl sites for hydroxylation is 2. The lowest BCUT2D eigenvalue weighted by Crippen LogP contribution is -2.26. The highest BCUT2D eigenvalue weighted by atomic mass is 15.1. The third-order valence-corrected chi connectivity index (χ3v) is 6.12. The first-order valence-corrected chi connectivity index (χ1v) is 10.4. The van der Waals surface area contributed by atoms with Crippen LogP contribution in [0.5, 0.6) is 0 Å². The Labute approximate surface area is 176 Å². The topological polar surface area (TPSA) is 131 Å². The van der Waals surface area contributed by atoms with E-state index < -0.39 is 0 Å². The molecule has 156 valence electrons. The minimum atomic E-state index is -0.152. The Morgan fingerprint density at radius 1 is 1.23 bits per heavy atom. The Bertz CT molecular complexity index is 1120. The van der Waals surface area contributed by atoms with Crippen molar-refractivity contribution in [2.45, 2.75) is 57.5 Å². The summed E-state index contributed by atoms with van der Waals surface area (Å²) in [5, 5.41) is 12.9. The molecule has 3 heterocycles. The highest BCUT2D eigenvalue weighted by molar-refractivity contribution is 5.77. The van der Waals surface area contributed by atoms with Crippen molar-refractivity contribution in [1.29, 1.82) is 5.26 Å². The average Bonchev–Trinajstić information content (AvgIpc) is 3.07. The molecule has 0 aliphatic heterocycles. The van der Waals surface area contributed by atoms with Gasteiger partial charge >= 0.3 is 0 Å². The number of nitrogens with zero attached hydrogens (tertiary/aromatic N) is 5. The average molecular weight is 405 g/mol. The Morgan fingerprint density at radius 3 is 2.67 bits per heavy atom. The maximum atomic E-state index is 9.56. The third-order valence-electron chi connectivity index (χ3n) is 6.12. The van der Waals surface area contributed by atoms with Crippen LogP contribution in [0.3, 0.4) is 0 Å². The molecule has 1 saturated carbocycles. The number of anilines is 2. The van der Waals surface area contributed by atoms with Crippen LogP contribution >= 0.6 is 0 Å². The van der Waals surface area contributed by atoms with Crippen LogP contribution in [0.25, 0.3) is 11.0 Å². The zero-order chi connectivity index (χ0) is 21.4. The zero-order valence-corrected chi connectivity index (χ0v) is 17.7. The van der Waals surface area contributed by atoms with E-state index >= 15 is 0 Å². The Kier molecular flexibility index (Phi) is 5.31. The predicted molar refractivity (Wildman–Crippen MR) is 118 cm³/mol. The van der Waals surface area contributed by atoms with Gasteiger partial charge in [-0.25, -0.2) is 9.97 Å². The lowest BCUT2D eigenvalue weighted by atomic mass is 9.80. The monoisotopic (exact) mass is 404 g/mol. The normalized spacial score (nSPS) is 20.1. The van der Waals surface area contributed by atoms with E-state index in [2.05, 4.69) is 32.0 Å². The van der Waals surface area contributed by atoms with Crippen molar-refractivity contribution in [3.63, 3.8) is 0 Å². The molecule has 30 heavy (non-hydrogen) atoms. The van der Waals surface area contributed by atoms with E-state index in [9.17, 15) is 5.26 Å². The zero-order valence-electron chi connectivity index (χ0n) is 17.7. The number of nitrogen functional groups attached to an aromatic ring is 1. The van der Waals surface area contributed by atoms with E-state index in [1.165, 1.54) is 5.56 Å². The second kappa shape index (κ2) is 7.92. The Balaban J connectivity index is 1.76. The molecule has 1 aliphatic carbocycles. The molecule has 0 spiro atoms. The van der Waals surface area contributed by atoms with Gasteiger partial charge in [-0.15, -0.1) is 0 Å². The van der Waals surface area contributed by atoms with Crippen molar-refractivity contribution in [2.75, 3.05) is 11.1 Å². The van der Waals surface area contributed by atoms with E-state index in [0.717, 1.165) is 42.4 Å². The molecule has 4 rings (SSSR count). The number of pyridine rings is 1. The third kappa shape index (κ3) is 3.68. The summed E-state index contributed by atoms with van der Waals surface area (Å²) in [5.74, 6) is 1.01. The van der Waals surface area contributed by atoms with Crippen molar-refractivity contribution in [3.05, 3.63) is 40.8 Å². The summed E-state index contributed by atoms with van der Waals surface area (Å²) in [7, 11) is 2.04. The molecule has 0 radical (unpaired) electrons. The summed E-state index contributed by atoms with van der Waals surface area (Å²) in [6.07, 6.45) is 6.19. The first-order valence-electron chi connectivity index (χ1n) is 10.4. The van der Waals surface area contributed by atoms with Crippen LogP contribution in [0.1, 0.15) is 67.1 Å². The first kappa shape index (κ1) is 20.1. The van der Waals surface area contributed by atoms with Crippen LogP contribution in [0.2, 0.25) is 0 Å². The molecule has 0 bridgehead atoms. The van der Waals surface area contributed by atoms with Crippen molar-refractivity contribution >= 4 is 22.8 Å². The summed E-state index contributed by atoms with van der Waals surface area (Å²) in [5.41, 5.74) is 17.2. The summed E-state index contributed by atoms with van der Waals surface area (Å²) < 4.78 is 2.10. The molecule has 0 amide bonds. The fraction of sp³-hybridized carbons (Fsp3) is 0.455. The van der Waals surface area contributed by atoms with Gasteiger partial charge in [-0.3, -0.25) is 0 Å². The molecule has 5 N–H and O–H groups in total. The predicted octanol–water partition coefficient (Wildman–Crippen LogP) is 3.28. The maximum Gasteiger partial charge on any atom is 0.222 e. The lowest BCUT2D eigenvalue weighted by Gasteiger charge is -2.29. The Hall–Kier alpha value is -3.18. The van der Waals surface area contributed by atoms with Gasteiger partial charge in [-0.1, -0.05) is 0 Å². The molecule has 0 saturated heterocycles. The quantitative estimate of drug-likeness (QED) is 0.608. The summed E-state index contributed by atoms with van der Waals surface area (Å²) in [4.78, 5) is 13.4. The van der Waals surface area contributed by atoms with Crippen LogP contribution < -0.4 is 16.8 Å². The van der Waals surface area contributed by atoms with Gasteiger partial charge in [0.25, 0.3) is 0 Å². The second-order valence-electron chi connectivity index (χ2n) is 8.27. The van der Waals surface area contributed by atoms with Gasteiger partial charge in [0.05, 0.1) is 28.5 Å². The molecule has 8 nitrogen and oxygen atoms in total. The van der Waals surface area contributed by atoms with E-state index in [1.54, 1.807) is 6.92 Å².